The van der Waals surface area contributed by atoms with Crippen molar-refractivity contribution in [2.45, 2.75) is 37.6 Å². The molecular weight excluding hydrogens is 436 g/mol. The first-order valence-electron chi connectivity index (χ1n) is 10.8. The first-order valence-corrected chi connectivity index (χ1v) is 12.2. The molecule has 11 heteroatoms. The molecule has 1 atom stereocenters. The molecule has 0 bridgehead atoms. The molecule has 1 aromatic heterocycles. The Morgan fingerprint density at radius 2 is 1.84 bits per heavy atom. The molecule has 2 aromatic rings. The number of hydrogen-bond donors (Lipinski definition) is 1. The predicted molar refractivity (Wildman–Crippen MR) is 116 cm³/mol. The van der Waals surface area contributed by atoms with Gasteiger partial charge in [0.25, 0.3) is 0 Å². The van der Waals surface area contributed by atoms with Gasteiger partial charge >= 0.3 is 0 Å². The number of carbonyl (C=O) groups excluding carboxylic acids is 1. The van der Waals surface area contributed by atoms with Crippen molar-refractivity contribution >= 4 is 21.7 Å². The molecule has 1 amide bonds. The van der Waals surface area contributed by atoms with E-state index < -0.39 is 10.0 Å². The highest BCUT2D eigenvalue weighted by Crippen LogP contribution is 2.33. The summed E-state index contributed by atoms with van der Waals surface area (Å²) in [6, 6.07) is 6.01. The molecule has 1 saturated heterocycles. The number of anilines is 1. The van der Waals surface area contributed by atoms with E-state index in [4.69, 9.17) is 14.0 Å². The molecule has 1 aromatic carbocycles. The number of piperazine rings is 1. The number of benzene rings is 1. The maximum Gasteiger partial charge on any atom is 0.243 e. The third kappa shape index (κ3) is 4.74. The number of nitrogens with zero attached hydrogens (tertiary/aromatic N) is 3. The van der Waals surface area contributed by atoms with Gasteiger partial charge in [0.15, 0.2) is 17.3 Å². The SMILES string of the molecule is CCC(C(=O)Nc1cc(C)on1)N1CCN(S(=O)(=O)c2ccc3c(c2)OCCCO3)CC1. The minimum atomic E-state index is -3.68. The second kappa shape index (κ2) is 9.47. The Labute approximate surface area is 187 Å². The van der Waals surface area contributed by atoms with Crippen molar-refractivity contribution in [3.8, 4) is 11.5 Å². The van der Waals surface area contributed by atoms with Crippen molar-refractivity contribution in [1.29, 1.82) is 0 Å². The van der Waals surface area contributed by atoms with E-state index in [1.807, 2.05) is 11.8 Å². The lowest BCUT2D eigenvalue weighted by molar-refractivity contribution is -0.121. The zero-order valence-corrected chi connectivity index (χ0v) is 19.1. The quantitative estimate of drug-likeness (QED) is 0.689. The summed E-state index contributed by atoms with van der Waals surface area (Å²) in [6.07, 6.45) is 1.35. The van der Waals surface area contributed by atoms with E-state index in [9.17, 15) is 13.2 Å². The molecule has 2 aliphatic heterocycles. The Morgan fingerprint density at radius 3 is 2.50 bits per heavy atom. The van der Waals surface area contributed by atoms with E-state index in [0.29, 0.717) is 68.9 Å². The molecule has 10 nitrogen and oxygen atoms in total. The van der Waals surface area contributed by atoms with Crippen LogP contribution in [0.3, 0.4) is 0 Å². The Kier molecular flexibility index (Phi) is 6.68. The summed E-state index contributed by atoms with van der Waals surface area (Å²) < 4.78 is 44.1. The van der Waals surface area contributed by atoms with Crippen molar-refractivity contribution in [2.24, 2.45) is 0 Å². The largest absolute Gasteiger partial charge is 0.490 e. The summed E-state index contributed by atoms with van der Waals surface area (Å²) in [7, 11) is -3.68. The molecular formula is C21H28N4O6S. The van der Waals surface area contributed by atoms with Crippen LogP contribution in [0.25, 0.3) is 0 Å². The van der Waals surface area contributed by atoms with Gasteiger partial charge in [-0.05, 0) is 25.5 Å². The van der Waals surface area contributed by atoms with Gasteiger partial charge < -0.3 is 19.3 Å². The fourth-order valence-corrected chi connectivity index (χ4v) is 5.39. The number of aryl methyl sites for hydroxylation is 1. The van der Waals surface area contributed by atoms with Crippen LogP contribution in [0, 0.1) is 6.92 Å². The van der Waals surface area contributed by atoms with E-state index in [1.165, 1.54) is 10.4 Å². The number of rotatable bonds is 6. The standard InChI is InChI=1S/C21H28N4O6S/c1-3-17(21(26)22-20-13-15(2)31-23-20)24-7-9-25(10-8-24)32(27,28)16-5-6-18-19(14-16)30-12-4-11-29-18/h5-6,13-14,17H,3-4,7-12H2,1-2H3,(H,22,23,26). The Balaban J connectivity index is 1.41. The van der Waals surface area contributed by atoms with Gasteiger partial charge in [-0.15, -0.1) is 0 Å². The van der Waals surface area contributed by atoms with Gasteiger partial charge in [-0.3, -0.25) is 9.69 Å². The third-order valence-corrected chi connectivity index (χ3v) is 7.53. The number of nitrogens with one attached hydrogen (secondary N) is 1. The van der Waals surface area contributed by atoms with Gasteiger partial charge in [0.05, 0.1) is 24.2 Å². The summed E-state index contributed by atoms with van der Waals surface area (Å²) >= 11 is 0. The topological polar surface area (TPSA) is 114 Å². The number of sulfonamides is 1. The van der Waals surface area contributed by atoms with Crippen molar-refractivity contribution in [3.05, 3.63) is 30.0 Å². The molecule has 2 aliphatic rings. The predicted octanol–water partition coefficient (Wildman–Crippen LogP) is 1.87. The average Bonchev–Trinajstić information content (AvgIpc) is 3.05. The number of fused-ring (bicyclic) bond motifs is 1. The van der Waals surface area contributed by atoms with E-state index in [0.717, 1.165) is 6.42 Å². The molecule has 0 saturated carbocycles. The van der Waals surface area contributed by atoms with Crippen LogP contribution in [0.5, 0.6) is 11.5 Å². The Hall–Kier alpha value is -2.63. The minimum Gasteiger partial charge on any atom is -0.490 e. The number of ether oxygens (including phenoxy) is 2. The van der Waals surface area contributed by atoms with E-state index in [1.54, 1.807) is 25.1 Å². The first-order chi connectivity index (χ1) is 15.4. The monoisotopic (exact) mass is 464 g/mol. The van der Waals surface area contributed by atoms with E-state index in [2.05, 4.69) is 10.5 Å². The van der Waals surface area contributed by atoms with Crippen LogP contribution in [0.1, 0.15) is 25.5 Å². The molecule has 1 unspecified atom stereocenters. The van der Waals surface area contributed by atoms with Crippen LogP contribution >= 0.6 is 0 Å². The Bertz CT molecular complexity index is 1060. The van der Waals surface area contributed by atoms with Crippen LogP contribution in [0.15, 0.2) is 33.7 Å². The Morgan fingerprint density at radius 1 is 1.12 bits per heavy atom. The van der Waals surface area contributed by atoms with Crippen LogP contribution in [0.2, 0.25) is 0 Å². The lowest BCUT2D eigenvalue weighted by Gasteiger charge is -2.37. The van der Waals surface area contributed by atoms with E-state index in [-0.39, 0.29) is 16.8 Å². The summed E-state index contributed by atoms with van der Waals surface area (Å²) in [4.78, 5) is 14.9. The number of carbonyl (C=O) groups is 1. The molecule has 3 heterocycles. The maximum absolute atomic E-state index is 13.2. The van der Waals surface area contributed by atoms with Crippen LogP contribution in [-0.2, 0) is 14.8 Å². The van der Waals surface area contributed by atoms with Gasteiger partial charge in [-0.2, -0.15) is 4.31 Å². The summed E-state index contributed by atoms with van der Waals surface area (Å²) in [5, 5.41) is 6.57. The second-order valence-corrected chi connectivity index (χ2v) is 9.77. The molecule has 0 radical (unpaired) electrons. The van der Waals surface area contributed by atoms with Gasteiger partial charge in [-0.1, -0.05) is 12.1 Å². The highest BCUT2D eigenvalue weighted by molar-refractivity contribution is 7.89. The highest BCUT2D eigenvalue weighted by atomic mass is 32.2. The molecule has 0 aliphatic carbocycles. The maximum atomic E-state index is 13.2. The molecule has 32 heavy (non-hydrogen) atoms. The average molecular weight is 465 g/mol. The van der Waals surface area contributed by atoms with Gasteiger partial charge in [0, 0.05) is 44.7 Å². The second-order valence-electron chi connectivity index (χ2n) is 7.84. The number of amides is 1. The van der Waals surface area contributed by atoms with Crippen molar-refractivity contribution < 1.29 is 27.2 Å². The van der Waals surface area contributed by atoms with Gasteiger partial charge in [0.2, 0.25) is 15.9 Å². The molecule has 0 spiro atoms. The third-order valence-electron chi connectivity index (χ3n) is 5.64. The zero-order chi connectivity index (χ0) is 22.7. The lowest BCUT2D eigenvalue weighted by atomic mass is 10.1. The van der Waals surface area contributed by atoms with E-state index >= 15 is 0 Å². The van der Waals surface area contributed by atoms with Gasteiger partial charge in [0.1, 0.15) is 5.76 Å². The first kappa shape index (κ1) is 22.6. The summed E-state index contributed by atoms with van der Waals surface area (Å²) in [5.41, 5.74) is 0. The fourth-order valence-electron chi connectivity index (χ4n) is 3.95. The van der Waals surface area contributed by atoms with Crippen LogP contribution in [0.4, 0.5) is 5.82 Å². The van der Waals surface area contributed by atoms with Crippen molar-refractivity contribution in [3.63, 3.8) is 0 Å². The molecule has 4 rings (SSSR count). The smallest absolute Gasteiger partial charge is 0.243 e. The number of aromatic nitrogens is 1. The minimum absolute atomic E-state index is 0.181. The van der Waals surface area contributed by atoms with Crippen molar-refractivity contribution in [2.75, 3.05) is 44.7 Å². The number of hydrogen-bond acceptors (Lipinski definition) is 8. The van der Waals surface area contributed by atoms with Gasteiger partial charge in [-0.25, -0.2) is 8.42 Å². The molecule has 1 N–H and O–H groups in total. The summed E-state index contributed by atoms with van der Waals surface area (Å²) in [5.74, 6) is 1.82. The molecule has 174 valence electrons. The molecule has 1 fully saturated rings. The van der Waals surface area contributed by atoms with Crippen LogP contribution < -0.4 is 14.8 Å². The van der Waals surface area contributed by atoms with Crippen molar-refractivity contribution in [1.82, 2.24) is 14.4 Å². The zero-order valence-electron chi connectivity index (χ0n) is 18.2. The fraction of sp³-hybridized carbons (Fsp3) is 0.524. The van der Waals surface area contributed by atoms with Crippen LogP contribution in [-0.4, -0.2) is 74.1 Å². The lowest BCUT2D eigenvalue weighted by Crippen LogP contribution is -2.54. The highest BCUT2D eigenvalue weighted by Gasteiger charge is 2.33. The normalized spacial score (nSPS) is 18.7. The summed E-state index contributed by atoms with van der Waals surface area (Å²) in [6.45, 7) is 6.21.